The maximum absolute atomic E-state index is 12.1. The lowest BCUT2D eigenvalue weighted by Crippen LogP contribution is -3.05. The van der Waals surface area contributed by atoms with Crippen molar-refractivity contribution in [1.29, 1.82) is 0 Å². The molecule has 0 bridgehead atoms. The molecule has 0 aliphatic carbocycles. The summed E-state index contributed by atoms with van der Waals surface area (Å²) in [5, 5.41) is 0. The number of hydrogen-bond acceptors (Lipinski definition) is 2. The van der Waals surface area contributed by atoms with E-state index < -0.39 is 10.0 Å². The molecule has 0 aliphatic rings. The number of quaternary nitrogens is 1. The third-order valence-corrected chi connectivity index (χ3v) is 4.39. The van der Waals surface area contributed by atoms with Gasteiger partial charge >= 0.3 is 0 Å². The minimum Gasteiger partial charge on any atom is -0.340 e. The summed E-state index contributed by atoms with van der Waals surface area (Å²) in [4.78, 5) is 1.70. The third-order valence-electron chi connectivity index (χ3n) is 2.77. The smallest absolute Gasteiger partial charge is 0.240 e. The summed E-state index contributed by atoms with van der Waals surface area (Å²) in [6, 6.07) is 5.38. The highest BCUT2D eigenvalue weighted by atomic mass is 32.2. The van der Waals surface area contributed by atoms with Gasteiger partial charge in [-0.05, 0) is 25.5 Å². The van der Waals surface area contributed by atoms with Crippen molar-refractivity contribution in [2.45, 2.75) is 25.2 Å². The van der Waals surface area contributed by atoms with Crippen LogP contribution in [-0.2, 0) is 10.0 Å². The summed E-state index contributed by atoms with van der Waals surface area (Å²) >= 11 is 0. The lowest BCUT2D eigenvalue weighted by atomic mass is 10.2. The van der Waals surface area contributed by atoms with Gasteiger partial charge in [-0.2, -0.15) is 0 Å². The Kier molecular flexibility index (Phi) is 5.31. The summed E-state index contributed by atoms with van der Waals surface area (Å²) in [6.07, 6.45) is 0.840. The predicted octanol–water partition coefficient (Wildman–Crippen LogP) is 0.116. The normalized spacial score (nSPS) is 12.1. The monoisotopic (exact) mass is 271 g/mol. The van der Waals surface area contributed by atoms with Crippen molar-refractivity contribution in [1.82, 2.24) is 4.72 Å². The second-order valence-corrected chi connectivity index (χ2v) is 6.71. The van der Waals surface area contributed by atoms with Crippen LogP contribution in [0.2, 0.25) is 0 Å². The first kappa shape index (κ1) is 15.1. The molecule has 5 heteroatoms. The van der Waals surface area contributed by atoms with Crippen LogP contribution in [0, 0.1) is 13.8 Å². The van der Waals surface area contributed by atoms with Gasteiger partial charge in [0.05, 0.1) is 25.5 Å². The summed E-state index contributed by atoms with van der Waals surface area (Å²) in [5.74, 6) is 0. The van der Waals surface area contributed by atoms with E-state index >= 15 is 0 Å². The minimum absolute atomic E-state index is 0.380. The first-order chi connectivity index (χ1) is 8.33. The zero-order chi connectivity index (χ0) is 13.8. The van der Waals surface area contributed by atoms with Crippen molar-refractivity contribution >= 4 is 10.0 Å². The van der Waals surface area contributed by atoms with Crippen LogP contribution in [0.25, 0.3) is 0 Å². The quantitative estimate of drug-likeness (QED) is 0.722. The first-order valence-electron chi connectivity index (χ1n) is 6.19. The molecule has 0 saturated heterocycles. The van der Waals surface area contributed by atoms with Gasteiger partial charge in [-0.3, -0.25) is 0 Å². The largest absolute Gasteiger partial charge is 0.340 e. The van der Waals surface area contributed by atoms with Gasteiger partial charge in [-0.1, -0.05) is 17.7 Å². The molecule has 1 rings (SSSR count). The third kappa shape index (κ3) is 4.40. The number of nitrogens with one attached hydrogen (secondary N) is 2. The molecule has 0 fully saturated rings. The summed E-state index contributed by atoms with van der Waals surface area (Å²) in [6.45, 7) is 5.22. The average Bonchev–Trinajstić information content (AvgIpc) is 2.23. The van der Waals surface area contributed by atoms with Gasteiger partial charge in [0.25, 0.3) is 0 Å². The van der Waals surface area contributed by atoms with Crippen molar-refractivity contribution in [3.8, 4) is 0 Å². The Morgan fingerprint density at radius 2 is 1.89 bits per heavy atom. The lowest BCUT2D eigenvalue weighted by Gasteiger charge is -2.11. The number of aryl methyl sites for hydroxylation is 2. The second-order valence-electron chi connectivity index (χ2n) is 4.98. The maximum Gasteiger partial charge on any atom is 0.240 e. The Morgan fingerprint density at radius 1 is 1.22 bits per heavy atom. The number of sulfonamides is 1. The molecule has 0 saturated carbocycles. The Balaban J connectivity index is 2.69. The van der Waals surface area contributed by atoms with Gasteiger partial charge in [0.1, 0.15) is 0 Å². The fourth-order valence-electron chi connectivity index (χ4n) is 1.83. The SMILES string of the molecule is Cc1ccc(S(=O)(=O)NCCC[NH+](C)C)c(C)c1. The molecule has 1 aromatic rings. The molecular weight excluding hydrogens is 248 g/mol. The fourth-order valence-corrected chi connectivity index (χ4v) is 3.13. The molecule has 0 atom stereocenters. The standard InChI is InChI=1S/C13H22N2O2S/c1-11-6-7-13(12(2)10-11)18(16,17)14-8-5-9-15(3)4/h6-7,10,14H,5,8-9H2,1-4H3/p+1. The highest BCUT2D eigenvalue weighted by Gasteiger charge is 2.15. The molecule has 0 heterocycles. The highest BCUT2D eigenvalue weighted by Crippen LogP contribution is 2.15. The molecule has 0 amide bonds. The van der Waals surface area contributed by atoms with Crippen LogP contribution in [-0.4, -0.2) is 35.6 Å². The van der Waals surface area contributed by atoms with Crippen LogP contribution in [0.15, 0.2) is 23.1 Å². The Hall–Kier alpha value is -0.910. The first-order valence-corrected chi connectivity index (χ1v) is 7.67. The van der Waals surface area contributed by atoms with E-state index in [1.165, 1.54) is 4.90 Å². The van der Waals surface area contributed by atoms with E-state index in [1.54, 1.807) is 6.07 Å². The van der Waals surface area contributed by atoms with E-state index in [4.69, 9.17) is 0 Å². The number of rotatable bonds is 6. The van der Waals surface area contributed by atoms with E-state index in [9.17, 15) is 8.42 Å². The van der Waals surface area contributed by atoms with E-state index in [0.717, 1.165) is 24.1 Å². The van der Waals surface area contributed by atoms with E-state index in [1.807, 2.05) is 26.0 Å². The van der Waals surface area contributed by atoms with Crippen molar-refractivity contribution in [2.24, 2.45) is 0 Å². The van der Waals surface area contributed by atoms with E-state index in [2.05, 4.69) is 18.8 Å². The second kappa shape index (κ2) is 6.31. The molecule has 102 valence electrons. The van der Waals surface area contributed by atoms with Crippen LogP contribution in [0.3, 0.4) is 0 Å². The lowest BCUT2D eigenvalue weighted by molar-refractivity contribution is -0.858. The van der Waals surface area contributed by atoms with Crippen LogP contribution < -0.4 is 9.62 Å². The molecule has 0 aromatic heterocycles. The topological polar surface area (TPSA) is 50.6 Å². The van der Waals surface area contributed by atoms with Gasteiger partial charge in [0.2, 0.25) is 10.0 Å². The van der Waals surface area contributed by atoms with Crippen LogP contribution in [0.1, 0.15) is 17.5 Å². The van der Waals surface area contributed by atoms with Crippen molar-refractivity contribution in [3.05, 3.63) is 29.3 Å². The molecule has 0 aliphatic heterocycles. The predicted molar refractivity (Wildman–Crippen MR) is 73.4 cm³/mol. The van der Waals surface area contributed by atoms with Crippen LogP contribution >= 0.6 is 0 Å². The number of hydrogen-bond donors (Lipinski definition) is 2. The molecule has 1 aromatic carbocycles. The minimum atomic E-state index is -3.36. The van der Waals surface area contributed by atoms with Gasteiger partial charge in [0.15, 0.2) is 0 Å². The van der Waals surface area contributed by atoms with Gasteiger partial charge in [0, 0.05) is 13.0 Å². The van der Waals surface area contributed by atoms with E-state index in [0.29, 0.717) is 11.4 Å². The summed E-state index contributed by atoms with van der Waals surface area (Å²) in [7, 11) is 0.743. The molecule has 2 N–H and O–H groups in total. The van der Waals surface area contributed by atoms with Crippen molar-refractivity contribution < 1.29 is 13.3 Å². The molecular formula is C13H23N2O2S+. The Morgan fingerprint density at radius 3 is 2.44 bits per heavy atom. The zero-order valence-electron chi connectivity index (χ0n) is 11.6. The van der Waals surface area contributed by atoms with Gasteiger partial charge < -0.3 is 4.90 Å². The molecule has 0 radical (unpaired) electrons. The van der Waals surface area contributed by atoms with Crippen molar-refractivity contribution in [2.75, 3.05) is 27.2 Å². The number of benzene rings is 1. The van der Waals surface area contributed by atoms with Crippen LogP contribution in [0.5, 0.6) is 0 Å². The highest BCUT2D eigenvalue weighted by molar-refractivity contribution is 7.89. The average molecular weight is 271 g/mol. The molecule has 4 nitrogen and oxygen atoms in total. The van der Waals surface area contributed by atoms with E-state index in [-0.39, 0.29) is 0 Å². The van der Waals surface area contributed by atoms with Crippen molar-refractivity contribution in [3.63, 3.8) is 0 Å². The maximum atomic E-state index is 12.1. The van der Waals surface area contributed by atoms with Crippen LogP contribution in [0.4, 0.5) is 0 Å². The Bertz CT molecular complexity index is 496. The summed E-state index contributed by atoms with van der Waals surface area (Å²) < 4.78 is 26.8. The molecule has 0 unspecified atom stereocenters. The zero-order valence-corrected chi connectivity index (χ0v) is 12.4. The molecule has 18 heavy (non-hydrogen) atoms. The summed E-state index contributed by atoms with van der Waals surface area (Å²) in [5.41, 5.74) is 1.86. The Labute approximate surface area is 110 Å². The van der Waals surface area contributed by atoms with Gasteiger partial charge in [-0.15, -0.1) is 0 Å². The molecule has 0 spiro atoms. The fraction of sp³-hybridized carbons (Fsp3) is 0.538. The van der Waals surface area contributed by atoms with Gasteiger partial charge in [-0.25, -0.2) is 13.1 Å².